The fraction of sp³-hybridized carbons (Fsp3) is 0.739. The van der Waals surface area contributed by atoms with Crippen molar-refractivity contribution in [1.82, 2.24) is 15.5 Å². The molecule has 0 spiro atoms. The second-order valence-electron chi connectivity index (χ2n) is 9.59. The van der Waals surface area contributed by atoms with E-state index >= 15 is 0 Å². The molecule has 1 aliphatic heterocycles. The molecule has 2 rings (SSSR count). The van der Waals surface area contributed by atoms with Gasteiger partial charge in [-0.1, -0.05) is 0 Å². The van der Waals surface area contributed by atoms with E-state index in [0.29, 0.717) is 30.7 Å². The molecule has 1 amide bonds. The zero-order valence-corrected chi connectivity index (χ0v) is 22.9. The van der Waals surface area contributed by atoms with Crippen molar-refractivity contribution >= 4 is 36.0 Å². The summed E-state index contributed by atoms with van der Waals surface area (Å²) >= 11 is 0. The smallest absolute Gasteiger partial charge is 0.410 e. The number of amides is 1. The lowest BCUT2D eigenvalue weighted by molar-refractivity contribution is 0.0185. The predicted molar refractivity (Wildman–Crippen MR) is 138 cm³/mol. The summed E-state index contributed by atoms with van der Waals surface area (Å²) in [6.07, 6.45) is 1.59. The van der Waals surface area contributed by atoms with Crippen LogP contribution in [0, 0.1) is 19.8 Å². The maximum atomic E-state index is 12.2. The Hall–Kier alpha value is -1.49. The van der Waals surface area contributed by atoms with E-state index in [0.717, 1.165) is 37.3 Å². The van der Waals surface area contributed by atoms with E-state index in [4.69, 9.17) is 9.15 Å². The molecule has 0 aromatic carbocycles. The topological polar surface area (TPSA) is 99.3 Å². The van der Waals surface area contributed by atoms with Crippen LogP contribution in [0.2, 0.25) is 0 Å². The first kappa shape index (κ1) is 28.5. The van der Waals surface area contributed by atoms with Crippen LogP contribution in [0.25, 0.3) is 0 Å². The molecule has 0 bridgehead atoms. The van der Waals surface area contributed by atoms with Gasteiger partial charge in [0.25, 0.3) is 0 Å². The van der Waals surface area contributed by atoms with Gasteiger partial charge in [0.15, 0.2) is 5.96 Å². The van der Waals surface area contributed by atoms with E-state index in [2.05, 4.69) is 15.6 Å². The lowest BCUT2D eigenvalue weighted by Gasteiger charge is -2.33. The molecule has 2 heterocycles. The minimum absolute atomic E-state index is 0. The summed E-state index contributed by atoms with van der Waals surface area (Å²) in [5.74, 6) is 2.61. The average Bonchev–Trinajstić information content (AvgIpc) is 3.02. The molecular weight excluding hydrogens is 523 g/mol. The Bertz CT molecular complexity index is 763. The number of hydrogen-bond donors (Lipinski definition) is 3. The molecular formula is C23H41IN4O4. The maximum absolute atomic E-state index is 12.2. The molecule has 0 aliphatic carbocycles. The first-order valence-corrected chi connectivity index (χ1v) is 11.2. The number of furan rings is 1. The number of rotatable bonds is 6. The standard InChI is InChI=1S/C23H40N4O4.HI/c1-8-24-20(26-15-23(7,29)19-13-16(2)30-17(19)3)25-14-18-9-11-27(12-10-18)21(28)31-22(4,5)6;/h13,18,29H,8-12,14-15H2,1-7H3,(H2,24,25,26);1H. The fourth-order valence-corrected chi connectivity index (χ4v) is 3.71. The van der Waals surface area contributed by atoms with E-state index in [9.17, 15) is 9.90 Å². The highest BCUT2D eigenvalue weighted by Crippen LogP contribution is 2.27. The van der Waals surface area contributed by atoms with Crippen molar-refractivity contribution in [2.75, 3.05) is 32.7 Å². The van der Waals surface area contributed by atoms with Gasteiger partial charge in [-0.3, -0.25) is 0 Å². The number of piperidine rings is 1. The number of aliphatic hydroxyl groups is 1. The molecule has 0 radical (unpaired) electrons. The van der Waals surface area contributed by atoms with Crippen LogP contribution in [-0.4, -0.2) is 60.4 Å². The van der Waals surface area contributed by atoms with E-state index in [1.165, 1.54) is 0 Å². The molecule has 1 saturated heterocycles. The summed E-state index contributed by atoms with van der Waals surface area (Å²) in [5, 5.41) is 17.5. The number of aryl methyl sites for hydroxylation is 2. The zero-order valence-electron chi connectivity index (χ0n) is 20.6. The Kier molecular flexibility index (Phi) is 10.8. The van der Waals surface area contributed by atoms with Crippen LogP contribution in [0.4, 0.5) is 4.79 Å². The number of nitrogens with one attached hydrogen (secondary N) is 2. The van der Waals surface area contributed by atoms with Gasteiger partial charge in [0.2, 0.25) is 0 Å². The summed E-state index contributed by atoms with van der Waals surface area (Å²) in [4.78, 5) is 18.6. The lowest BCUT2D eigenvalue weighted by atomic mass is 9.96. The third kappa shape index (κ3) is 8.80. The molecule has 1 aromatic heterocycles. The van der Waals surface area contributed by atoms with Crippen molar-refractivity contribution in [2.45, 2.75) is 72.5 Å². The highest BCUT2D eigenvalue weighted by atomic mass is 127. The van der Waals surface area contributed by atoms with Crippen LogP contribution in [0.5, 0.6) is 0 Å². The van der Waals surface area contributed by atoms with Crippen LogP contribution < -0.4 is 10.6 Å². The van der Waals surface area contributed by atoms with Gasteiger partial charge in [-0.25, -0.2) is 9.79 Å². The number of hydrogen-bond acceptors (Lipinski definition) is 5. The Balaban J connectivity index is 0.00000512. The summed E-state index contributed by atoms with van der Waals surface area (Å²) in [6, 6.07) is 1.86. The second kappa shape index (κ2) is 12.1. The van der Waals surface area contributed by atoms with Gasteiger partial charge >= 0.3 is 6.09 Å². The SMILES string of the molecule is CCNC(=NCC(C)(O)c1cc(C)oc1C)NCC1CCN(C(=O)OC(C)(C)C)CC1.I. The largest absolute Gasteiger partial charge is 0.466 e. The van der Waals surface area contributed by atoms with Crippen molar-refractivity contribution in [3.05, 3.63) is 23.2 Å². The normalized spacial score (nSPS) is 17.4. The van der Waals surface area contributed by atoms with Crippen LogP contribution in [-0.2, 0) is 10.3 Å². The van der Waals surface area contributed by atoms with Gasteiger partial charge in [-0.15, -0.1) is 24.0 Å². The first-order chi connectivity index (χ1) is 14.4. The van der Waals surface area contributed by atoms with Crippen LogP contribution in [0.3, 0.4) is 0 Å². The quantitative estimate of drug-likeness (QED) is 0.275. The predicted octanol–water partition coefficient (Wildman–Crippen LogP) is 3.92. The van der Waals surface area contributed by atoms with Crippen LogP contribution >= 0.6 is 24.0 Å². The number of carbonyl (C=O) groups is 1. The molecule has 1 fully saturated rings. The molecule has 0 saturated carbocycles. The van der Waals surface area contributed by atoms with Gasteiger partial charge in [0.1, 0.15) is 22.7 Å². The van der Waals surface area contributed by atoms with Gasteiger partial charge in [0, 0.05) is 31.7 Å². The molecule has 32 heavy (non-hydrogen) atoms. The molecule has 184 valence electrons. The third-order valence-corrected chi connectivity index (χ3v) is 5.33. The molecule has 1 atom stereocenters. The minimum Gasteiger partial charge on any atom is -0.466 e. The maximum Gasteiger partial charge on any atom is 0.410 e. The molecule has 1 aromatic rings. The summed E-state index contributed by atoms with van der Waals surface area (Å²) < 4.78 is 11.0. The monoisotopic (exact) mass is 564 g/mol. The van der Waals surface area contributed by atoms with Gasteiger partial charge < -0.3 is 29.8 Å². The van der Waals surface area contributed by atoms with Crippen molar-refractivity contribution in [3.63, 3.8) is 0 Å². The number of carbonyl (C=O) groups excluding carboxylic acids is 1. The molecule has 3 N–H and O–H groups in total. The van der Waals surface area contributed by atoms with Gasteiger partial charge in [-0.05, 0) is 73.3 Å². The van der Waals surface area contributed by atoms with E-state index in [1.54, 1.807) is 11.8 Å². The minimum atomic E-state index is -1.11. The fourth-order valence-electron chi connectivity index (χ4n) is 3.71. The average molecular weight is 565 g/mol. The Labute approximate surface area is 209 Å². The number of nitrogens with zero attached hydrogens (tertiary/aromatic N) is 2. The number of guanidine groups is 1. The molecule has 1 unspecified atom stereocenters. The summed E-state index contributed by atoms with van der Waals surface area (Å²) in [7, 11) is 0. The highest BCUT2D eigenvalue weighted by molar-refractivity contribution is 14.0. The van der Waals surface area contributed by atoms with Gasteiger partial charge in [-0.2, -0.15) is 0 Å². The Morgan fingerprint density at radius 2 is 1.88 bits per heavy atom. The molecule has 8 nitrogen and oxygen atoms in total. The molecule has 1 aliphatic rings. The first-order valence-electron chi connectivity index (χ1n) is 11.2. The van der Waals surface area contributed by atoms with Crippen LogP contribution in [0.15, 0.2) is 15.5 Å². The zero-order chi connectivity index (χ0) is 23.2. The lowest BCUT2D eigenvalue weighted by Crippen LogP contribution is -2.45. The van der Waals surface area contributed by atoms with Crippen molar-refractivity contribution < 1.29 is 19.1 Å². The van der Waals surface area contributed by atoms with Crippen molar-refractivity contribution in [3.8, 4) is 0 Å². The number of aliphatic imine (C=N–C) groups is 1. The van der Waals surface area contributed by atoms with E-state index in [-0.39, 0.29) is 36.6 Å². The summed E-state index contributed by atoms with van der Waals surface area (Å²) in [5.41, 5.74) is -0.816. The Morgan fingerprint density at radius 3 is 2.38 bits per heavy atom. The summed E-state index contributed by atoms with van der Waals surface area (Å²) in [6.45, 7) is 16.3. The van der Waals surface area contributed by atoms with E-state index in [1.807, 2.05) is 47.6 Å². The van der Waals surface area contributed by atoms with Gasteiger partial charge in [0.05, 0.1) is 6.54 Å². The third-order valence-electron chi connectivity index (χ3n) is 5.33. The second-order valence-corrected chi connectivity index (χ2v) is 9.59. The van der Waals surface area contributed by atoms with Crippen molar-refractivity contribution in [2.24, 2.45) is 10.9 Å². The van der Waals surface area contributed by atoms with Crippen LogP contribution in [0.1, 0.15) is 64.5 Å². The highest BCUT2D eigenvalue weighted by Gasteiger charge is 2.29. The van der Waals surface area contributed by atoms with E-state index < -0.39 is 11.2 Å². The number of halogens is 1. The molecule has 9 heteroatoms. The van der Waals surface area contributed by atoms with Crippen molar-refractivity contribution in [1.29, 1.82) is 0 Å². The Morgan fingerprint density at radius 1 is 1.25 bits per heavy atom. The number of ether oxygens (including phenoxy) is 1. The number of likely N-dealkylation sites (tertiary alicyclic amines) is 1.